The topological polar surface area (TPSA) is 81.4 Å². The number of rotatable bonds is 5. The van der Waals surface area contributed by atoms with Gasteiger partial charge >= 0.3 is 5.97 Å². The van der Waals surface area contributed by atoms with Gasteiger partial charge in [-0.15, -0.1) is 0 Å². The standard InChI is InChI=1S/C11H16N2O4/c1-4-6-8(14)12-10-9(7(3)13-17-10)11(15)16-5-2/h4-6H2,1-3H3,(H,12,14). The van der Waals surface area contributed by atoms with Crippen molar-refractivity contribution in [3.63, 3.8) is 0 Å². The van der Waals surface area contributed by atoms with Crippen LogP contribution in [0.15, 0.2) is 4.52 Å². The van der Waals surface area contributed by atoms with E-state index in [1.165, 1.54) is 0 Å². The number of aryl methyl sites for hydroxylation is 1. The molecule has 0 aliphatic rings. The summed E-state index contributed by atoms with van der Waals surface area (Å²) >= 11 is 0. The van der Waals surface area contributed by atoms with Gasteiger partial charge in [-0.05, 0) is 20.3 Å². The van der Waals surface area contributed by atoms with E-state index in [4.69, 9.17) is 9.26 Å². The molecule has 0 aromatic carbocycles. The van der Waals surface area contributed by atoms with Crippen LogP contribution in [0.1, 0.15) is 42.7 Å². The number of esters is 1. The number of nitrogens with one attached hydrogen (secondary N) is 1. The molecule has 0 unspecified atom stereocenters. The first-order chi connectivity index (χ1) is 8.10. The summed E-state index contributed by atoms with van der Waals surface area (Å²) in [7, 11) is 0. The Morgan fingerprint density at radius 2 is 2.12 bits per heavy atom. The lowest BCUT2D eigenvalue weighted by molar-refractivity contribution is -0.116. The Morgan fingerprint density at radius 3 is 2.71 bits per heavy atom. The molecule has 1 aromatic heterocycles. The third kappa shape index (κ3) is 3.30. The van der Waals surface area contributed by atoms with Gasteiger partial charge in [0.05, 0.1) is 12.3 Å². The van der Waals surface area contributed by atoms with Crippen molar-refractivity contribution in [3.05, 3.63) is 11.3 Å². The minimum atomic E-state index is -0.543. The largest absolute Gasteiger partial charge is 0.462 e. The van der Waals surface area contributed by atoms with Gasteiger partial charge < -0.3 is 9.26 Å². The molecular weight excluding hydrogens is 224 g/mol. The highest BCUT2D eigenvalue weighted by molar-refractivity contribution is 6.00. The number of carbonyl (C=O) groups excluding carboxylic acids is 2. The second-order valence-corrected chi connectivity index (χ2v) is 3.49. The fourth-order valence-corrected chi connectivity index (χ4v) is 1.31. The van der Waals surface area contributed by atoms with Crippen molar-refractivity contribution in [1.82, 2.24) is 5.16 Å². The zero-order valence-electron chi connectivity index (χ0n) is 10.2. The molecule has 94 valence electrons. The number of ether oxygens (including phenoxy) is 1. The highest BCUT2D eigenvalue weighted by Gasteiger charge is 2.22. The number of nitrogens with zero attached hydrogens (tertiary/aromatic N) is 1. The van der Waals surface area contributed by atoms with Gasteiger partial charge in [-0.25, -0.2) is 4.79 Å². The molecule has 0 saturated carbocycles. The molecule has 0 bridgehead atoms. The molecule has 1 N–H and O–H groups in total. The van der Waals surface area contributed by atoms with E-state index in [1.807, 2.05) is 6.92 Å². The molecule has 6 heteroatoms. The Hall–Kier alpha value is -1.85. The lowest BCUT2D eigenvalue weighted by Crippen LogP contribution is -2.14. The number of amides is 1. The molecule has 0 fully saturated rings. The summed E-state index contributed by atoms with van der Waals surface area (Å²) in [4.78, 5) is 23.0. The summed E-state index contributed by atoms with van der Waals surface area (Å²) < 4.78 is 9.76. The molecule has 0 aliphatic carbocycles. The average Bonchev–Trinajstić information content (AvgIpc) is 2.60. The van der Waals surface area contributed by atoms with E-state index in [9.17, 15) is 9.59 Å². The van der Waals surface area contributed by atoms with Gasteiger partial charge in [0.25, 0.3) is 0 Å². The first-order valence-corrected chi connectivity index (χ1v) is 5.53. The summed E-state index contributed by atoms with van der Waals surface area (Å²) in [5, 5.41) is 6.15. The molecule has 0 atom stereocenters. The van der Waals surface area contributed by atoms with Crippen molar-refractivity contribution >= 4 is 17.8 Å². The first-order valence-electron chi connectivity index (χ1n) is 5.53. The van der Waals surface area contributed by atoms with Crippen LogP contribution in [0.5, 0.6) is 0 Å². The lowest BCUT2D eigenvalue weighted by atomic mass is 10.2. The van der Waals surface area contributed by atoms with Crippen molar-refractivity contribution in [2.75, 3.05) is 11.9 Å². The molecule has 6 nitrogen and oxygen atoms in total. The monoisotopic (exact) mass is 240 g/mol. The van der Waals surface area contributed by atoms with Crippen LogP contribution in [0.3, 0.4) is 0 Å². The Balaban J connectivity index is 2.86. The minimum Gasteiger partial charge on any atom is -0.462 e. The van der Waals surface area contributed by atoms with Crippen molar-refractivity contribution in [2.24, 2.45) is 0 Å². The molecule has 17 heavy (non-hydrogen) atoms. The summed E-state index contributed by atoms with van der Waals surface area (Å²) in [6.45, 7) is 5.46. The Labute approximate surface area is 99.3 Å². The second kappa shape index (κ2) is 6.03. The zero-order valence-corrected chi connectivity index (χ0v) is 10.2. The number of hydrogen-bond donors (Lipinski definition) is 1. The van der Waals surface area contributed by atoms with Crippen LogP contribution >= 0.6 is 0 Å². The third-order valence-electron chi connectivity index (χ3n) is 2.07. The van der Waals surface area contributed by atoms with Gasteiger partial charge in [0.2, 0.25) is 11.8 Å². The van der Waals surface area contributed by atoms with Crippen molar-refractivity contribution in [2.45, 2.75) is 33.6 Å². The van der Waals surface area contributed by atoms with E-state index >= 15 is 0 Å². The van der Waals surface area contributed by atoms with Gasteiger partial charge in [0.1, 0.15) is 5.56 Å². The summed E-state index contributed by atoms with van der Waals surface area (Å²) in [6.07, 6.45) is 1.08. The summed E-state index contributed by atoms with van der Waals surface area (Å²) in [5.74, 6) is -0.702. The van der Waals surface area contributed by atoms with Crippen LogP contribution in [0.2, 0.25) is 0 Å². The van der Waals surface area contributed by atoms with E-state index in [0.717, 1.165) is 0 Å². The summed E-state index contributed by atoms with van der Waals surface area (Å²) in [6, 6.07) is 0. The molecule has 1 amide bonds. The predicted octanol–water partition coefficient (Wildman–Crippen LogP) is 1.90. The number of aromatic nitrogens is 1. The van der Waals surface area contributed by atoms with Crippen molar-refractivity contribution in [1.29, 1.82) is 0 Å². The smallest absolute Gasteiger partial charge is 0.345 e. The van der Waals surface area contributed by atoms with E-state index < -0.39 is 5.97 Å². The zero-order chi connectivity index (χ0) is 12.8. The van der Waals surface area contributed by atoms with Crippen LogP contribution in [-0.2, 0) is 9.53 Å². The maximum Gasteiger partial charge on any atom is 0.345 e. The molecular formula is C11H16N2O4. The Kier molecular flexibility index (Phi) is 4.68. The van der Waals surface area contributed by atoms with Crippen LogP contribution in [0, 0.1) is 6.92 Å². The Morgan fingerprint density at radius 1 is 1.41 bits per heavy atom. The van der Waals surface area contributed by atoms with Gasteiger partial charge in [0, 0.05) is 6.42 Å². The van der Waals surface area contributed by atoms with Gasteiger partial charge in [0.15, 0.2) is 0 Å². The SMILES string of the molecule is CCCC(=O)Nc1onc(C)c1C(=O)OCC. The highest BCUT2D eigenvalue weighted by atomic mass is 16.5. The quantitative estimate of drug-likeness (QED) is 0.795. The fourth-order valence-electron chi connectivity index (χ4n) is 1.31. The van der Waals surface area contributed by atoms with Crippen LogP contribution in [0.25, 0.3) is 0 Å². The molecule has 0 saturated heterocycles. The minimum absolute atomic E-state index is 0.0550. The average molecular weight is 240 g/mol. The van der Waals surface area contributed by atoms with Crippen LogP contribution in [-0.4, -0.2) is 23.6 Å². The maximum absolute atomic E-state index is 11.6. The van der Waals surface area contributed by atoms with Crippen LogP contribution in [0.4, 0.5) is 5.88 Å². The van der Waals surface area contributed by atoms with Crippen molar-refractivity contribution in [3.8, 4) is 0 Å². The lowest BCUT2D eigenvalue weighted by Gasteiger charge is -2.03. The van der Waals surface area contributed by atoms with Crippen LogP contribution < -0.4 is 5.32 Å². The number of carbonyl (C=O) groups is 2. The van der Waals surface area contributed by atoms with Gasteiger partial charge in [-0.2, -0.15) is 0 Å². The van der Waals surface area contributed by atoms with E-state index in [1.54, 1.807) is 13.8 Å². The van der Waals surface area contributed by atoms with E-state index in [0.29, 0.717) is 18.5 Å². The number of hydrogen-bond acceptors (Lipinski definition) is 5. The first kappa shape index (κ1) is 13.2. The molecule has 0 aliphatic heterocycles. The normalized spacial score (nSPS) is 10.1. The van der Waals surface area contributed by atoms with E-state index in [2.05, 4.69) is 10.5 Å². The van der Waals surface area contributed by atoms with E-state index in [-0.39, 0.29) is 24.0 Å². The summed E-state index contributed by atoms with van der Waals surface area (Å²) in [5.41, 5.74) is 0.576. The second-order valence-electron chi connectivity index (χ2n) is 3.49. The van der Waals surface area contributed by atoms with Gasteiger partial charge in [-0.1, -0.05) is 12.1 Å². The Bertz CT molecular complexity index is 412. The maximum atomic E-state index is 11.6. The number of anilines is 1. The fraction of sp³-hybridized carbons (Fsp3) is 0.545. The molecule has 0 spiro atoms. The molecule has 1 aromatic rings. The molecule has 0 radical (unpaired) electrons. The predicted molar refractivity (Wildman–Crippen MR) is 60.7 cm³/mol. The highest BCUT2D eigenvalue weighted by Crippen LogP contribution is 2.20. The molecule has 1 rings (SSSR count). The molecule has 1 heterocycles. The van der Waals surface area contributed by atoms with Crippen molar-refractivity contribution < 1.29 is 18.8 Å². The third-order valence-corrected chi connectivity index (χ3v) is 2.07. The van der Waals surface area contributed by atoms with Gasteiger partial charge in [-0.3, -0.25) is 10.1 Å².